The lowest BCUT2D eigenvalue weighted by atomic mass is 9.97. The Morgan fingerprint density at radius 3 is 2.58 bits per heavy atom. The number of piperazine rings is 1. The fourth-order valence-electron chi connectivity index (χ4n) is 4.80. The molecule has 0 spiro atoms. The SMILES string of the molecule is O=C(CCN1CCN(Cc2cccc(Cl)c2)CC1)c1ccc2c3c1ccn3C(=O)CC2. The van der Waals surface area contributed by atoms with Gasteiger partial charge < -0.3 is 4.90 Å². The van der Waals surface area contributed by atoms with E-state index < -0.39 is 0 Å². The van der Waals surface area contributed by atoms with Crippen LogP contribution in [0.1, 0.15) is 39.1 Å². The van der Waals surface area contributed by atoms with Gasteiger partial charge in [-0.05, 0) is 35.7 Å². The fraction of sp³-hybridized carbons (Fsp3) is 0.360. The van der Waals surface area contributed by atoms with Crippen LogP contribution in [0.15, 0.2) is 48.7 Å². The van der Waals surface area contributed by atoms with E-state index in [1.807, 2.05) is 42.6 Å². The summed E-state index contributed by atoms with van der Waals surface area (Å²) < 4.78 is 1.71. The maximum absolute atomic E-state index is 13.0. The minimum atomic E-state index is 0.114. The molecule has 0 bridgehead atoms. The number of Topliss-reactive ketones (excluding diaryl/α,β-unsaturated/α-hetero) is 1. The zero-order valence-electron chi connectivity index (χ0n) is 17.5. The van der Waals surface area contributed by atoms with Crippen molar-refractivity contribution < 1.29 is 9.59 Å². The van der Waals surface area contributed by atoms with Gasteiger partial charge in [0.15, 0.2) is 5.78 Å². The van der Waals surface area contributed by atoms with E-state index in [0.717, 1.165) is 72.7 Å². The van der Waals surface area contributed by atoms with Crippen molar-refractivity contribution in [2.75, 3.05) is 32.7 Å². The largest absolute Gasteiger partial charge is 0.300 e. The Bertz CT molecular complexity index is 1140. The molecule has 2 aliphatic heterocycles. The van der Waals surface area contributed by atoms with Crippen LogP contribution in [0.2, 0.25) is 5.02 Å². The second-order valence-electron chi connectivity index (χ2n) is 8.53. The predicted molar refractivity (Wildman–Crippen MR) is 123 cm³/mol. The van der Waals surface area contributed by atoms with Crippen LogP contribution in [0, 0.1) is 0 Å². The van der Waals surface area contributed by atoms with Gasteiger partial charge in [0.25, 0.3) is 0 Å². The van der Waals surface area contributed by atoms with Crippen molar-refractivity contribution >= 4 is 34.2 Å². The van der Waals surface area contributed by atoms with Crippen LogP contribution < -0.4 is 0 Å². The molecule has 3 heterocycles. The van der Waals surface area contributed by atoms with E-state index in [0.29, 0.717) is 12.8 Å². The Labute approximate surface area is 187 Å². The molecule has 0 aliphatic carbocycles. The third-order valence-electron chi connectivity index (χ3n) is 6.52. The number of benzene rings is 2. The molecule has 0 N–H and O–H groups in total. The van der Waals surface area contributed by atoms with E-state index in [2.05, 4.69) is 15.9 Å². The summed E-state index contributed by atoms with van der Waals surface area (Å²) in [6.45, 7) is 5.59. The molecule has 3 aromatic rings. The number of ketones is 1. The van der Waals surface area contributed by atoms with Gasteiger partial charge in [-0.1, -0.05) is 35.9 Å². The van der Waals surface area contributed by atoms with Crippen LogP contribution in [0.3, 0.4) is 0 Å². The summed E-state index contributed by atoms with van der Waals surface area (Å²) in [7, 11) is 0. The van der Waals surface area contributed by atoms with Gasteiger partial charge in [-0.2, -0.15) is 0 Å². The molecule has 160 valence electrons. The predicted octanol–water partition coefficient (Wildman–Crippen LogP) is 4.27. The summed E-state index contributed by atoms with van der Waals surface area (Å²) in [4.78, 5) is 30.0. The Morgan fingerprint density at radius 1 is 0.968 bits per heavy atom. The highest BCUT2D eigenvalue weighted by Gasteiger charge is 2.23. The van der Waals surface area contributed by atoms with Crippen LogP contribution in [-0.2, 0) is 13.0 Å². The van der Waals surface area contributed by atoms with Gasteiger partial charge in [0.1, 0.15) is 0 Å². The summed E-state index contributed by atoms with van der Waals surface area (Å²) >= 11 is 6.10. The Balaban J connectivity index is 1.18. The van der Waals surface area contributed by atoms with Gasteiger partial charge in [0.05, 0.1) is 5.52 Å². The van der Waals surface area contributed by atoms with Crippen molar-refractivity contribution in [2.24, 2.45) is 0 Å². The van der Waals surface area contributed by atoms with Gasteiger partial charge in [-0.3, -0.25) is 19.1 Å². The van der Waals surface area contributed by atoms with Crippen molar-refractivity contribution in [3.8, 4) is 0 Å². The molecule has 1 saturated heterocycles. The molecule has 0 radical (unpaired) electrons. The normalized spacial score (nSPS) is 17.4. The van der Waals surface area contributed by atoms with Gasteiger partial charge >= 0.3 is 0 Å². The number of halogens is 1. The standard InChI is InChI=1S/C25H26ClN3O2/c26-20-3-1-2-18(16-20)17-28-14-12-27(13-15-28)10-9-23(30)21-6-4-19-5-7-24(31)29-11-8-22(21)25(19)29/h1-4,6,8,11,16H,5,7,9-10,12-15,17H2. The van der Waals surface area contributed by atoms with Crippen molar-refractivity contribution in [1.82, 2.24) is 14.4 Å². The fourth-order valence-corrected chi connectivity index (χ4v) is 5.02. The first-order valence-corrected chi connectivity index (χ1v) is 11.3. The van der Waals surface area contributed by atoms with Crippen molar-refractivity contribution in [3.05, 3.63) is 70.4 Å². The zero-order chi connectivity index (χ0) is 21.4. The number of carbonyl (C=O) groups excluding carboxylic acids is 2. The lowest BCUT2D eigenvalue weighted by molar-refractivity contribution is 0.0899. The molecule has 6 heteroatoms. The summed E-state index contributed by atoms with van der Waals surface area (Å²) in [5.74, 6) is 0.270. The number of rotatable bonds is 6. The van der Waals surface area contributed by atoms with E-state index in [1.165, 1.54) is 5.56 Å². The van der Waals surface area contributed by atoms with Crippen molar-refractivity contribution in [2.45, 2.75) is 25.8 Å². The maximum atomic E-state index is 13.0. The molecule has 1 fully saturated rings. The van der Waals surface area contributed by atoms with Gasteiger partial charge in [-0.25, -0.2) is 0 Å². The van der Waals surface area contributed by atoms with Gasteiger partial charge in [-0.15, -0.1) is 0 Å². The van der Waals surface area contributed by atoms with E-state index in [1.54, 1.807) is 4.57 Å². The molecular weight excluding hydrogens is 410 g/mol. The van der Waals surface area contributed by atoms with E-state index in [-0.39, 0.29) is 11.7 Å². The van der Waals surface area contributed by atoms with E-state index in [9.17, 15) is 9.59 Å². The van der Waals surface area contributed by atoms with Crippen LogP contribution in [-0.4, -0.2) is 58.8 Å². The molecule has 5 nitrogen and oxygen atoms in total. The Hall–Kier alpha value is -2.47. The minimum absolute atomic E-state index is 0.114. The second-order valence-corrected chi connectivity index (χ2v) is 8.97. The van der Waals surface area contributed by atoms with Gasteiger partial charge in [0, 0.05) is 74.3 Å². The molecule has 0 unspecified atom stereocenters. The number of nitrogens with zero attached hydrogens (tertiary/aromatic N) is 3. The number of hydrogen-bond donors (Lipinski definition) is 0. The first-order chi connectivity index (χ1) is 15.1. The molecule has 1 aromatic heterocycles. The molecule has 0 amide bonds. The molecule has 31 heavy (non-hydrogen) atoms. The highest BCUT2D eigenvalue weighted by molar-refractivity contribution is 6.30. The highest BCUT2D eigenvalue weighted by atomic mass is 35.5. The average Bonchev–Trinajstić information content (AvgIpc) is 3.22. The van der Waals surface area contributed by atoms with Crippen LogP contribution in [0.25, 0.3) is 10.9 Å². The number of hydrogen-bond acceptors (Lipinski definition) is 4. The number of aromatic nitrogens is 1. The third kappa shape index (κ3) is 4.18. The molecule has 0 saturated carbocycles. The lowest BCUT2D eigenvalue weighted by Gasteiger charge is -2.34. The van der Waals surface area contributed by atoms with E-state index in [4.69, 9.17) is 11.6 Å². The van der Waals surface area contributed by atoms with Crippen LogP contribution in [0.4, 0.5) is 0 Å². The average molecular weight is 436 g/mol. The minimum Gasteiger partial charge on any atom is -0.300 e. The summed E-state index contributed by atoms with van der Waals surface area (Å²) in [6.07, 6.45) is 3.61. The first-order valence-electron chi connectivity index (χ1n) is 11.0. The summed E-state index contributed by atoms with van der Waals surface area (Å²) in [6, 6.07) is 13.9. The van der Waals surface area contributed by atoms with E-state index >= 15 is 0 Å². The monoisotopic (exact) mass is 435 g/mol. The number of aryl methyl sites for hydroxylation is 1. The number of carbonyl (C=O) groups is 2. The quantitative estimate of drug-likeness (QED) is 0.542. The second kappa shape index (κ2) is 8.58. The molecule has 2 aromatic carbocycles. The van der Waals surface area contributed by atoms with Crippen LogP contribution >= 0.6 is 11.6 Å². The van der Waals surface area contributed by atoms with Crippen molar-refractivity contribution in [1.29, 1.82) is 0 Å². The topological polar surface area (TPSA) is 45.6 Å². The Morgan fingerprint density at radius 2 is 1.77 bits per heavy atom. The van der Waals surface area contributed by atoms with Crippen molar-refractivity contribution in [3.63, 3.8) is 0 Å². The molecular formula is C25H26ClN3O2. The molecule has 5 rings (SSSR count). The Kier molecular flexibility index (Phi) is 5.65. The van der Waals surface area contributed by atoms with Gasteiger partial charge in [0.2, 0.25) is 5.91 Å². The summed E-state index contributed by atoms with van der Waals surface area (Å²) in [5, 5.41) is 1.70. The maximum Gasteiger partial charge on any atom is 0.231 e. The third-order valence-corrected chi connectivity index (χ3v) is 6.76. The first kappa shape index (κ1) is 20.4. The molecule has 0 atom stereocenters. The highest BCUT2D eigenvalue weighted by Crippen LogP contribution is 2.29. The lowest BCUT2D eigenvalue weighted by Crippen LogP contribution is -2.46. The zero-order valence-corrected chi connectivity index (χ0v) is 18.3. The smallest absolute Gasteiger partial charge is 0.231 e. The van der Waals surface area contributed by atoms with Crippen LogP contribution in [0.5, 0.6) is 0 Å². The summed E-state index contributed by atoms with van der Waals surface area (Å²) in [5.41, 5.74) is 4.07. The molecule has 2 aliphatic rings.